The van der Waals surface area contributed by atoms with Crippen LogP contribution in [0.15, 0.2) is 18.2 Å². The predicted octanol–water partition coefficient (Wildman–Crippen LogP) is 0.180. The Labute approximate surface area is 116 Å². The number of hydrogen-bond acceptors (Lipinski definition) is 6. The van der Waals surface area contributed by atoms with Crippen molar-refractivity contribution in [3.8, 4) is 5.75 Å². The number of nitrogens with one attached hydrogen (secondary N) is 1. The lowest BCUT2D eigenvalue weighted by Crippen LogP contribution is -2.47. The molecule has 1 aromatic rings. The van der Waals surface area contributed by atoms with E-state index < -0.39 is 17.0 Å². The van der Waals surface area contributed by atoms with Crippen molar-refractivity contribution in [1.29, 1.82) is 0 Å². The van der Waals surface area contributed by atoms with Crippen molar-refractivity contribution in [2.45, 2.75) is 6.17 Å². The van der Waals surface area contributed by atoms with Crippen molar-refractivity contribution in [2.75, 3.05) is 27.7 Å². The van der Waals surface area contributed by atoms with Gasteiger partial charge in [0.2, 0.25) is 0 Å². The van der Waals surface area contributed by atoms with Crippen LogP contribution < -0.4 is 15.8 Å². The largest absolute Gasteiger partial charge is 0.496 e. The van der Waals surface area contributed by atoms with E-state index in [1.54, 1.807) is 0 Å². The number of nitro groups is 1. The third kappa shape index (κ3) is 4.18. The monoisotopic (exact) mass is 282 g/mol. The molecule has 1 aromatic carbocycles. The first-order chi connectivity index (χ1) is 9.35. The fraction of sp³-hybridized carbons (Fsp3) is 0.417. The van der Waals surface area contributed by atoms with E-state index in [1.807, 2.05) is 19.0 Å². The lowest BCUT2D eigenvalue weighted by molar-refractivity contribution is -0.384. The van der Waals surface area contributed by atoms with Gasteiger partial charge in [-0.25, -0.2) is 0 Å². The number of methoxy groups -OCH3 is 1. The number of nitro benzene ring substituents is 1. The number of rotatable bonds is 6. The molecule has 1 atom stereocenters. The summed E-state index contributed by atoms with van der Waals surface area (Å²) in [4.78, 5) is 24.0. The number of non-ortho nitro benzene ring substituents is 1. The molecule has 8 nitrogen and oxygen atoms in total. The van der Waals surface area contributed by atoms with Crippen molar-refractivity contribution < 1.29 is 14.5 Å². The number of amides is 1. The van der Waals surface area contributed by atoms with E-state index >= 15 is 0 Å². The second-order valence-corrected chi connectivity index (χ2v) is 4.48. The Balaban J connectivity index is 2.90. The number of carbonyl (C=O) groups is 1. The molecule has 0 bridgehead atoms. The molecule has 3 N–H and O–H groups in total. The zero-order chi connectivity index (χ0) is 15.3. The quantitative estimate of drug-likeness (QED) is 0.437. The van der Waals surface area contributed by atoms with Gasteiger partial charge in [0.1, 0.15) is 5.75 Å². The second-order valence-electron chi connectivity index (χ2n) is 4.48. The van der Waals surface area contributed by atoms with Crippen LogP contribution in [0.5, 0.6) is 5.75 Å². The molecule has 1 rings (SSSR count). The lowest BCUT2D eigenvalue weighted by atomic mass is 10.1. The molecular formula is C12H18N4O4. The molecule has 0 aromatic heterocycles. The van der Waals surface area contributed by atoms with Crippen LogP contribution in [0.1, 0.15) is 10.4 Å². The van der Waals surface area contributed by atoms with E-state index in [2.05, 4.69) is 5.32 Å². The topological polar surface area (TPSA) is 111 Å². The molecule has 0 aliphatic heterocycles. The number of ether oxygens (including phenoxy) is 1. The third-order valence-electron chi connectivity index (χ3n) is 2.52. The van der Waals surface area contributed by atoms with Crippen molar-refractivity contribution in [3.05, 3.63) is 33.9 Å². The van der Waals surface area contributed by atoms with Gasteiger partial charge in [0.25, 0.3) is 11.6 Å². The molecule has 0 aliphatic carbocycles. The van der Waals surface area contributed by atoms with Crippen molar-refractivity contribution >= 4 is 11.6 Å². The van der Waals surface area contributed by atoms with Gasteiger partial charge in [0, 0.05) is 12.6 Å². The number of likely N-dealkylation sites (N-methyl/N-ethyl adjacent to an activating group) is 1. The van der Waals surface area contributed by atoms with E-state index in [0.29, 0.717) is 6.54 Å². The molecule has 0 spiro atoms. The Morgan fingerprint density at radius 2 is 2.20 bits per heavy atom. The summed E-state index contributed by atoms with van der Waals surface area (Å²) in [5.74, 6) is -0.306. The minimum Gasteiger partial charge on any atom is -0.496 e. The summed E-state index contributed by atoms with van der Waals surface area (Å²) in [7, 11) is 5.01. The van der Waals surface area contributed by atoms with Crippen LogP contribution in [0.4, 0.5) is 5.69 Å². The number of nitrogens with zero attached hydrogens (tertiary/aromatic N) is 2. The highest BCUT2D eigenvalue weighted by molar-refractivity contribution is 5.97. The summed E-state index contributed by atoms with van der Waals surface area (Å²) in [5.41, 5.74) is 5.82. The van der Waals surface area contributed by atoms with Gasteiger partial charge in [-0.1, -0.05) is 0 Å². The van der Waals surface area contributed by atoms with Crippen LogP contribution in [0.25, 0.3) is 0 Å². The first-order valence-electron chi connectivity index (χ1n) is 5.88. The highest BCUT2D eigenvalue weighted by atomic mass is 16.6. The van der Waals surface area contributed by atoms with Crippen molar-refractivity contribution in [2.24, 2.45) is 5.73 Å². The molecule has 0 aliphatic rings. The number of benzene rings is 1. The van der Waals surface area contributed by atoms with Crippen LogP contribution >= 0.6 is 0 Å². The Kier molecular flexibility index (Phi) is 5.42. The van der Waals surface area contributed by atoms with Gasteiger partial charge in [0.05, 0.1) is 29.8 Å². The SMILES string of the molecule is COc1cc([N+](=O)[O-])ccc1C(=O)NC(N)CN(C)C. The van der Waals surface area contributed by atoms with Crippen LogP contribution in [0.2, 0.25) is 0 Å². The van der Waals surface area contributed by atoms with Gasteiger partial charge in [-0.05, 0) is 20.2 Å². The number of carbonyl (C=O) groups excluding carboxylic acids is 1. The first kappa shape index (κ1) is 15.9. The highest BCUT2D eigenvalue weighted by Gasteiger charge is 2.18. The fourth-order valence-electron chi connectivity index (χ4n) is 1.67. The van der Waals surface area contributed by atoms with E-state index in [1.165, 1.54) is 25.3 Å². The minimum absolute atomic E-state index is 0.133. The van der Waals surface area contributed by atoms with Crippen LogP contribution in [-0.4, -0.2) is 49.6 Å². The average molecular weight is 282 g/mol. The molecule has 0 saturated carbocycles. The molecule has 0 fully saturated rings. The zero-order valence-corrected chi connectivity index (χ0v) is 11.6. The Hall–Kier alpha value is -2.19. The summed E-state index contributed by atoms with van der Waals surface area (Å²) in [5, 5.41) is 13.3. The second kappa shape index (κ2) is 6.83. The molecule has 1 amide bonds. The summed E-state index contributed by atoms with van der Waals surface area (Å²) in [6.07, 6.45) is -0.544. The van der Waals surface area contributed by atoms with Gasteiger partial charge in [-0.3, -0.25) is 14.9 Å². The van der Waals surface area contributed by atoms with Crippen LogP contribution in [0.3, 0.4) is 0 Å². The maximum atomic E-state index is 12.0. The molecule has 0 radical (unpaired) electrons. The van der Waals surface area contributed by atoms with Crippen molar-refractivity contribution in [1.82, 2.24) is 10.2 Å². The van der Waals surface area contributed by atoms with E-state index in [4.69, 9.17) is 10.5 Å². The standard InChI is InChI=1S/C12H18N4O4/c1-15(2)7-11(13)14-12(17)9-5-4-8(16(18)19)6-10(9)20-3/h4-6,11H,7,13H2,1-3H3,(H,14,17). The van der Waals surface area contributed by atoms with Crippen LogP contribution in [-0.2, 0) is 0 Å². The van der Waals surface area contributed by atoms with Crippen LogP contribution in [0, 0.1) is 10.1 Å². The number of nitrogens with two attached hydrogens (primary N) is 1. The molecular weight excluding hydrogens is 264 g/mol. The maximum absolute atomic E-state index is 12.0. The van der Waals surface area contributed by atoms with Gasteiger partial charge in [0.15, 0.2) is 0 Å². The van der Waals surface area contributed by atoms with E-state index in [-0.39, 0.29) is 17.0 Å². The normalized spacial score (nSPS) is 12.1. The lowest BCUT2D eigenvalue weighted by Gasteiger charge is -2.18. The maximum Gasteiger partial charge on any atom is 0.273 e. The fourth-order valence-corrected chi connectivity index (χ4v) is 1.67. The molecule has 110 valence electrons. The van der Waals surface area contributed by atoms with E-state index in [9.17, 15) is 14.9 Å². The molecule has 20 heavy (non-hydrogen) atoms. The number of hydrogen-bond donors (Lipinski definition) is 2. The highest BCUT2D eigenvalue weighted by Crippen LogP contribution is 2.24. The summed E-state index contributed by atoms with van der Waals surface area (Å²) < 4.78 is 5.00. The van der Waals surface area contributed by atoms with Gasteiger partial charge in [-0.2, -0.15) is 0 Å². The zero-order valence-electron chi connectivity index (χ0n) is 11.6. The molecule has 0 saturated heterocycles. The summed E-state index contributed by atoms with van der Waals surface area (Å²) >= 11 is 0. The molecule has 1 unspecified atom stereocenters. The van der Waals surface area contributed by atoms with Gasteiger partial charge < -0.3 is 20.7 Å². The van der Waals surface area contributed by atoms with Gasteiger partial charge >= 0.3 is 0 Å². The average Bonchev–Trinajstić information content (AvgIpc) is 2.36. The molecule has 0 heterocycles. The minimum atomic E-state index is -0.554. The Morgan fingerprint density at radius 1 is 1.55 bits per heavy atom. The predicted molar refractivity (Wildman–Crippen MR) is 73.6 cm³/mol. The summed E-state index contributed by atoms with van der Waals surface area (Å²) in [6, 6.07) is 3.79. The first-order valence-corrected chi connectivity index (χ1v) is 5.88. The van der Waals surface area contributed by atoms with E-state index in [0.717, 1.165) is 0 Å². The summed E-state index contributed by atoms with van der Waals surface area (Å²) in [6.45, 7) is 0.473. The Bertz CT molecular complexity index is 504. The Morgan fingerprint density at radius 3 is 2.70 bits per heavy atom. The molecule has 8 heteroatoms. The smallest absolute Gasteiger partial charge is 0.273 e. The van der Waals surface area contributed by atoms with Gasteiger partial charge in [-0.15, -0.1) is 0 Å². The van der Waals surface area contributed by atoms with Crippen molar-refractivity contribution in [3.63, 3.8) is 0 Å². The third-order valence-corrected chi connectivity index (χ3v) is 2.52.